The molecule has 0 bridgehead atoms. The fourth-order valence-corrected chi connectivity index (χ4v) is 4.07. The first-order valence-corrected chi connectivity index (χ1v) is 8.99. The van der Waals surface area contributed by atoms with E-state index < -0.39 is 0 Å². The van der Waals surface area contributed by atoms with Crippen LogP contribution in [0.5, 0.6) is 0 Å². The van der Waals surface area contributed by atoms with Gasteiger partial charge in [0.1, 0.15) is 0 Å². The lowest BCUT2D eigenvalue weighted by Crippen LogP contribution is -2.49. The molecule has 1 aliphatic carbocycles. The molecule has 4 heteroatoms. The molecule has 2 aliphatic rings. The van der Waals surface area contributed by atoms with Crippen molar-refractivity contribution < 1.29 is 0 Å². The molecule has 112 valence electrons. The molecule has 0 radical (unpaired) electrons. The number of rotatable bonds is 5. The fourth-order valence-electron chi connectivity index (χ4n) is 3.45. The Morgan fingerprint density at radius 2 is 2.25 bits per heavy atom. The Hall–Kier alpha value is -0.450. The molecular formula is C16H27N3S. The van der Waals surface area contributed by atoms with Gasteiger partial charge in [-0.3, -0.25) is 0 Å². The van der Waals surface area contributed by atoms with Gasteiger partial charge in [-0.1, -0.05) is 6.42 Å². The summed E-state index contributed by atoms with van der Waals surface area (Å²) >= 11 is 1.75. The molecule has 1 N–H and O–H groups in total. The van der Waals surface area contributed by atoms with Crippen LogP contribution in [-0.4, -0.2) is 35.1 Å². The lowest BCUT2D eigenvalue weighted by atomic mass is 9.85. The van der Waals surface area contributed by atoms with Crippen molar-refractivity contribution in [1.82, 2.24) is 15.2 Å². The maximum atomic E-state index is 4.54. The smallest absolute Gasteiger partial charge is 0.0897 e. The molecule has 3 nitrogen and oxygen atoms in total. The van der Waals surface area contributed by atoms with Crippen LogP contribution < -0.4 is 5.32 Å². The summed E-state index contributed by atoms with van der Waals surface area (Å²) in [6.45, 7) is 7.99. The second kappa shape index (κ2) is 6.54. The quantitative estimate of drug-likeness (QED) is 0.903. The summed E-state index contributed by atoms with van der Waals surface area (Å²) in [4.78, 5) is 7.29. The number of nitrogens with zero attached hydrogens (tertiary/aromatic N) is 2. The molecular weight excluding hydrogens is 266 g/mol. The van der Waals surface area contributed by atoms with Crippen LogP contribution in [0, 0.1) is 12.8 Å². The lowest BCUT2D eigenvalue weighted by Gasteiger charge is -2.44. The minimum atomic E-state index is 0.597. The van der Waals surface area contributed by atoms with E-state index in [2.05, 4.69) is 34.4 Å². The van der Waals surface area contributed by atoms with Crippen molar-refractivity contribution in [2.75, 3.05) is 13.1 Å². The first-order chi connectivity index (χ1) is 9.72. The Labute approximate surface area is 126 Å². The van der Waals surface area contributed by atoms with Crippen LogP contribution in [0.2, 0.25) is 0 Å². The molecule has 1 aromatic heterocycles. The van der Waals surface area contributed by atoms with E-state index in [4.69, 9.17) is 0 Å². The van der Waals surface area contributed by atoms with Gasteiger partial charge in [0.15, 0.2) is 0 Å². The molecule has 1 saturated heterocycles. The molecule has 0 amide bonds. The maximum Gasteiger partial charge on any atom is 0.0897 e. The van der Waals surface area contributed by atoms with Crippen molar-refractivity contribution in [3.8, 4) is 0 Å². The van der Waals surface area contributed by atoms with Gasteiger partial charge in [-0.15, -0.1) is 11.3 Å². The average Bonchev–Trinajstić information content (AvgIpc) is 2.80. The van der Waals surface area contributed by atoms with Gasteiger partial charge in [-0.2, -0.15) is 0 Å². The number of aryl methyl sites for hydroxylation is 1. The molecule has 1 aromatic rings. The highest BCUT2D eigenvalue weighted by Crippen LogP contribution is 2.30. The van der Waals surface area contributed by atoms with E-state index in [-0.39, 0.29) is 0 Å². The molecule has 1 saturated carbocycles. The largest absolute Gasteiger partial charge is 0.308 e. The Morgan fingerprint density at radius 1 is 1.40 bits per heavy atom. The highest BCUT2D eigenvalue weighted by molar-refractivity contribution is 7.09. The number of aromatic nitrogens is 1. The summed E-state index contributed by atoms with van der Waals surface area (Å²) in [6, 6.07) is 1.51. The van der Waals surface area contributed by atoms with Crippen LogP contribution in [0.1, 0.15) is 49.7 Å². The summed E-state index contributed by atoms with van der Waals surface area (Å²) in [7, 11) is 0. The Balaban J connectivity index is 1.47. The summed E-state index contributed by atoms with van der Waals surface area (Å²) < 4.78 is 0. The van der Waals surface area contributed by atoms with E-state index in [0.29, 0.717) is 6.04 Å². The number of hydrogen-bond acceptors (Lipinski definition) is 4. The third-order valence-corrected chi connectivity index (χ3v) is 5.88. The zero-order chi connectivity index (χ0) is 13.9. The molecule has 1 aliphatic heterocycles. The number of hydrogen-bond donors (Lipinski definition) is 1. The van der Waals surface area contributed by atoms with Crippen LogP contribution in [-0.2, 0) is 6.54 Å². The Bertz CT molecular complexity index is 427. The molecule has 0 unspecified atom stereocenters. The number of nitrogens with one attached hydrogen (secondary N) is 1. The van der Waals surface area contributed by atoms with Crippen molar-refractivity contribution in [2.45, 2.75) is 64.6 Å². The van der Waals surface area contributed by atoms with Crippen LogP contribution in [0.3, 0.4) is 0 Å². The molecule has 0 aromatic carbocycles. The van der Waals surface area contributed by atoms with Gasteiger partial charge < -0.3 is 10.2 Å². The van der Waals surface area contributed by atoms with Gasteiger partial charge in [-0.25, -0.2) is 4.98 Å². The first-order valence-electron chi connectivity index (χ1n) is 8.11. The summed E-state index contributed by atoms with van der Waals surface area (Å²) in [6.07, 6.45) is 7.08. The molecule has 2 atom stereocenters. The standard InChI is InChI=1S/C16H27N3S/c1-12(17-9-15-11-20-13(2)18-15)14-5-4-8-19(10-14)16-6-3-7-16/h11-12,14,16-17H,3-10H2,1-2H3/t12-,14-/m1/s1. The van der Waals surface area contributed by atoms with Crippen molar-refractivity contribution >= 4 is 11.3 Å². The van der Waals surface area contributed by atoms with Gasteiger partial charge in [0.05, 0.1) is 10.7 Å². The lowest BCUT2D eigenvalue weighted by molar-refractivity contribution is 0.0665. The number of thiazole rings is 1. The van der Waals surface area contributed by atoms with Gasteiger partial charge in [0.25, 0.3) is 0 Å². The van der Waals surface area contributed by atoms with Gasteiger partial charge >= 0.3 is 0 Å². The van der Waals surface area contributed by atoms with Crippen LogP contribution >= 0.6 is 11.3 Å². The second-order valence-corrected chi connectivity index (χ2v) is 7.57. The fraction of sp³-hybridized carbons (Fsp3) is 0.812. The van der Waals surface area contributed by atoms with E-state index in [0.717, 1.165) is 18.5 Å². The molecule has 2 fully saturated rings. The minimum Gasteiger partial charge on any atom is -0.308 e. The molecule has 0 spiro atoms. The SMILES string of the molecule is Cc1nc(CN[C@H](C)[C@@H]2CCCN(C3CCC3)C2)cs1. The molecule has 2 heterocycles. The highest BCUT2D eigenvalue weighted by Gasteiger charge is 2.31. The van der Waals surface area contributed by atoms with E-state index in [1.165, 1.54) is 55.9 Å². The predicted molar refractivity (Wildman–Crippen MR) is 85.1 cm³/mol. The Morgan fingerprint density at radius 3 is 2.90 bits per heavy atom. The number of likely N-dealkylation sites (tertiary alicyclic amines) is 1. The zero-order valence-electron chi connectivity index (χ0n) is 12.8. The topological polar surface area (TPSA) is 28.2 Å². The van der Waals surface area contributed by atoms with Crippen molar-refractivity contribution in [3.05, 3.63) is 16.1 Å². The maximum absolute atomic E-state index is 4.54. The molecule has 3 rings (SSSR count). The van der Waals surface area contributed by atoms with E-state index in [1.54, 1.807) is 11.3 Å². The van der Waals surface area contributed by atoms with E-state index in [9.17, 15) is 0 Å². The van der Waals surface area contributed by atoms with E-state index >= 15 is 0 Å². The summed E-state index contributed by atoms with van der Waals surface area (Å²) in [5.74, 6) is 0.809. The van der Waals surface area contributed by atoms with Crippen LogP contribution in [0.15, 0.2) is 5.38 Å². The first kappa shape index (κ1) is 14.5. The van der Waals surface area contributed by atoms with E-state index in [1.807, 2.05) is 0 Å². The minimum absolute atomic E-state index is 0.597. The summed E-state index contributed by atoms with van der Waals surface area (Å²) in [5, 5.41) is 7.04. The predicted octanol–water partition coefficient (Wildman–Crippen LogP) is 3.19. The van der Waals surface area contributed by atoms with Crippen LogP contribution in [0.25, 0.3) is 0 Å². The van der Waals surface area contributed by atoms with Crippen LogP contribution in [0.4, 0.5) is 0 Å². The number of piperidine rings is 1. The normalized spacial score (nSPS) is 26.4. The van der Waals surface area contributed by atoms with Gasteiger partial charge in [-0.05, 0) is 52.0 Å². The molecule has 20 heavy (non-hydrogen) atoms. The van der Waals surface area contributed by atoms with Crippen molar-refractivity contribution in [2.24, 2.45) is 5.92 Å². The van der Waals surface area contributed by atoms with Crippen molar-refractivity contribution in [3.63, 3.8) is 0 Å². The zero-order valence-corrected chi connectivity index (χ0v) is 13.6. The third kappa shape index (κ3) is 3.41. The monoisotopic (exact) mass is 293 g/mol. The van der Waals surface area contributed by atoms with Crippen molar-refractivity contribution in [1.29, 1.82) is 0 Å². The highest BCUT2D eigenvalue weighted by atomic mass is 32.1. The third-order valence-electron chi connectivity index (χ3n) is 5.06. The Kier molecular flexibility index (Phi) is 4.74. The van der Waals surface area contributed by atoms with Gasteiger partial charge in [0, 0.05) is 30.6 Å². The average molecular weight is 293 g/mol. The van der Waals surface area contributed by atoms with Gasteiger partial charge in [0.2, 0.25) is 0 Å². The second-order valence-electron chi connectivity index (χ2n) is 6.51. The summed E-state index contributed by atoms with van der Waals surface area (Å²) in [5.41, 5.74) is 1.20.